The molecule has 0 spiro atoms. The zero-order chi connectivity index (χ0) is 18.6. The molecule has 2 rings (SSSR count). The van der Waals surface area contributed by atoms with Gasteiger partial charge < -0.3 is 10.6 Å². The third kappa shape index (κ3) is 5.31. The molecule has 2 aromatic carbocycles. The Bertz CT molecular complexity index is 774. The van der Waals surface area contributed by atoms with Crippen LogP contribution in [0.15, 0.2) is 48.5 Å². The summed E-state index contributed by atoms with van der Waals surface area (Å²) in [5.74, 6) is -0.397. The highest BCUT2D eigenvalue weighted by atomic mass is 35.5. The number of hydrogen-bond acceptors (Lipinski definition) is 3. The zero-order valence-corrected chi connectivity index (χ0v) is 16.7. The Kier molecular flexibility index (Phi) is 7.82. The Morgan fingerprint density at radius 3 is 2.12 bits per heavy atom. The molecule has 2 N–H and O–H groups in total. The third-order valence-corrected chi connectivity index (χ3v) is 4.32. The summed E-state index contributed by atoms with van der Waals surface area (Å²) < 4.78 is 0. The van der Waals surface area contributed by atoms with Gasteiger partial charge in [0.1, 0.15) is 0 Å². The van der Waals surface area contributed by atoms with E-state index in [1.807, 2.05) is 13.8 Å². The van der Waals surface area contributed by atoms with E-state index in [2.05, 4.69) is 0 Å². The molecule has 0 bridgehead atoms. The molecule has 0 unspecified atom stereocenters. The van der Waals surface area contributed by atoms with E-state index >= 15 is 0 Å². The van der Waals surface area contributed by atoms with Crippen LogP contribution >= 0.6 is 24.0 Å². The molecule has 4 nitrogen and oxygen atoms in total. The van der Waals surface area contributed by atoms with Crippen molar-refractivity contribution in [3.05, 3.63) is 70.2 Å². The van der Waals surface area contributed by atoms with E-state index in [-0.39, 0.29) is 29.5 Å². The van der Waals surface area contributed by atoms with E-state index in [1.54, 1.807) is 60.5 Å². The van der Waals surface area contributed by atoms with Gasteiger partial charge >= 0.3 is 0 Å². The largest absolute Gasteiger partial charge is 0.341 e. The van der Waals surface area contributed by atoms with Crippen LogP contribution in [0, 0.1) is 5.41 Å². The van der Waals surface area contributed by atoms with Crippen molar-refractivity contribution < 1.29 is 9.59 Å². The van der Waals surface area contributed by atoms with Crippen LogP contribution < -0.4 is 5.73 Å². The minimum Gasteiger partial charge on any atom is -0.341 e. The molecule has 140 valence electrons. The van der Waals surface area contributed by atoms with Gasteiger partial charge in [-0.15, -0.1) is 12.4 Å². The standard InChI is InChI=1S/C20H23ClN2O2.ClH/c1-20(2,12-22)13-23(3)19(25)17-7-5-4-6-16(17)18(24)14-8-10-15(21)11-9-14;/h4-11H,12-13,22H2,1-3H3;1H. The molecule has 0 radical (unpaired) electrons. The summed E-state index contributed by atoms with van der Waals surface area (Å²) >= 11 is 5.88. The molecule has 0 aliphatic heterocycles. The molecular formula is C20H24Cl2N2O2. The number of rotatable bonds is 6. The van der Waals surface area contributed by atoms with E-state index < -0.39 is 0 Å². The SMILES string of the molecule is CN(CC(C)(C)CN)C(=O)c1ccccc1C(=O)c1ccc(Cl)cc1.Cl. The molecule has 0 fully saturated rings. The molecule has 0 aliphatic carbocycles. The number of hydrogen-bond donors (Lipinski definition) is 1. The van der Waals surface area contributed by atoms with Gasteiger partial charge in [-0.05, 0) is 42.3 Å². The van der Waals surface area contributed by atoms with Crippen molar-refractivity contribution in [3.63, 3.8) is 0 Å². The number of nitrogens with two attached hydrogens (primary N) is 1. The number of amides is 1. The number of benzene rings is 2. The van der Waals surface area contributed by atoms with Crippen molar-refractivity contribution in [2.45, 2.75) is 13.8 Å². The van der Waals surface area contributed by atoms with E-state index in [0.717, 1.165) is 0 Å². The van der Waals surface area contributed by atoms with Crippen LogP contribution in [0.2, 0.25) is 5.02 Å². The predicted molar refractivity (Wildman–Crippen MR) is 108 cm³/mol. The monoisotopic (exact) mass is 394 g/mol. The Labute approximate surface area is 165 Å². The lowest BCUT2D eigenvalue weighted by atomic mass is 9.92. The van der Waals surface area contributed by atoms with E-state index in [0.29, 0.717) is 34.8 Å². The van der Waals surface area contributed by atoms with Gasteiger partial charge in [0, 0.05) is 29.7 Å². The van der Waals surface area contributed by atoms with Gasteiger partial charge in [0.2, 0.25) is 0 Å². The summed E-state index contributed by atoms with van der Waals surface area (Å²) in [6.07, 6.45) is 0. The Hall–Kier alpha value is -1.88. The summed E-state index contributed by atoms with van der Waals surface area (Å²) in [6.45, 7) is 4.98. The molecule has 2 aromatic rings. The second kappa shape index (κ2) is 9.17. The van der Waals surface area contributed by atoms with Crippen molar-refractivity contribution in [2.24, 2.45) is 11.1 Å². The van der Waals surface area contributed by atoms with Crippen LogP contribution in [0.1, 0.15) is 40.1 Å². The number of nitrogens with zero attached hydrogens (tertiary/aromatic N) is 1. The molecule has 1 amide bonds. The molecule has 6 heteroatoms. The van der Waals surface area contributed by atoms with Crippen LogP contribution in [-0.4, -0.2) is 36.7 Å². The van der Waals surface area contributed by atoms with Crippen LogP contribution in [-0.2, 0) is 0 Å². The number of ketones is 1. The van der Waals surface area contributed by atoms with E-state index in [1.165, 1.54) is 0 Å². The first-order valence-corrected chi connectivity index (χ1v) is 8.48. The van der Waals surface area contributed by atoms with Crippen LogP contribution in [0.4, 0.5) is 0 Å². The van der Waals surface area contributed by atoms with Crippen molar-refractivity contribution in [3.8, 4) is 0 Å². The second-order valence-electron chi connectivity index (χ2n) is 6.91. The van der Waals surface area contributed by atoms with Gasteiger partial charge in [0.15, 0.2) is 5.78 Å². The predicted octanol–water partition coefficient (Wildman–Crippen LogP) is 4.05. The zero-order valence-electron chi connectivity index (χ0n) is 15.2. The van der Waals surface area contributed by atoms with Crippen molar-refractivity contribution in [1.29, 1.82) is 0 Å². The Balaban J connectivity index is 0.00000338. The highest BCUT2D eigenvalue weighted by Crippen LogP contribution is 2.20. The van der Waals surface area contributed by atoms with Gasteiger partial charge in [-0.2, -0.15) is 0 Å². The van der Waals surface area contributed by atoms with Gasteiger partial charge in [0.25, 0.3) is 5.91 Å². The lowest BCUT2D eigenvalue weighted by molar-refractivity contribution is 0.0736. The molecule has 26 heavy (non-hydrogen) atoms. The summed E-state index contributed by atoms with van der Waals surface area (Å²) in [5, 5.41) is 0.560. The first-order valence-electron chi connectivity index (χ1n) is 8.10. The number of carbonyl (C=O) groups is 2. The van der Waals surface area contributed by atoms with Gasteiger partial charge in [-0.1, -0.05) is 43.6 Å². The van der Waals surface area contributed by atoms with Crippen LogP contribution in [0.3, 0.4) is 0 Å². The molecule has 0 saturated heterocycles. The van der Waals surface area contributed by atoms with Gasteiger partial charge in [0.05, 0.1) is 5.56 Å². The van der Waals surface area contributed by atoms with Crippen LogP contribution in [0.25, 0.3) is 0 Å². The second-order valence-corrected chi connectivity index (χ2v) is 7.35. The minimum atomic E-state index is -0.202. The maximum atomic E-state index is 12.9. The quantitative estimate of drug-likeness (QED) is 0.751. The summed E-state index contributed by atoms with van der Waals surface area (Å²) in [6, 6.07) is 13.5. The van der Waals surface area contributed by atoms with Crippen molar-refractivity contribution >= 4 is 35.7 Å². The number of carbonyl (C=O) groups excluding carboxylic acids is 2. The average molecular weight is 395 g/mol. The summed E-state index contributed by atoms with van der Waals surface area (Å²) in [5.41, 5.74) is 6.83. The lowest BCUT2D eigenvalue weighted by Gasteiger charge is -2.29. The molecule has 0 atom stereocenters. The van der Waals surface area contributed by atoms with Crippen molar-refractivity contribution in [1.82, 2.24) is 4.90 Å². The molecule has 0 aromatic heterocycles. The summed E-state index contributed by atoms with van der Waals surface area (Å²) in [4.78, 5) is 27.3. The fourth-order valence-electron chi connectivity index (χ4n) is 2.61. The Morgan fingerprint density at radius 2 is 1.58 bits per heavy atom. The molecule has 0 saturated carbocycles. The highest BCUT2D eigenvalue weighted by molar-refractivity contribution is 6.30. The minimum absolute atomic E-state index is 0. The van der Waals surface area contributed by atoms with E-state index in [9.17, 15) is 9.59 Å². The lowest BCUT2D eigenvalue weighted by Crippen LogP contribution is -2.40. The topological polar surface area (TPSA) is 63.4 Å². The Morgan fingerprint density at radius 1 is 1.04 bits per heavy atom. The first-order chi connectivity index (χ1) is 11.7. The highest BCUT2D eigenvalue weighted by Gasteiger charge is 2.25. The van der Waals surface area contributed by atoms with Crippen molar-refractivity contribution in [2.75, 3.05) is 20.1 Å². The van der Waals surface area contributed by atoms with Gasteiger partial charge in [-0.25, -0.2) is 0 Å². The first kappa shape index (κ1) is 22.2. The maximum absolute atomic E-state index is 12.9. The van der Waals surface area contributed by atoms with E-state index in [4.69, 9.17) is 17.3 Å². The summed E-state index contributed by atoms with van der Waals surface area (Å²) in [7, 11) is 1.73. The smallest absolute Gasteiger partial charge is 0.254 e. The van der Waals surface area contributed by atoms with Crippen LogP contribution in [0.5, 0.6) is 0 Å². The maximum Gasteiger partial charge on any atom is 0.254 e. The molecular weight excluding hydrogens is 371 g/mol. The van der Waals surface area contributed by atoms with Gasteiger partial charge in [-0.3, -0.25) is 9.59 Å². The normalized spacial score (nSPS) is 10.8. The molecule has 0 heterocycles. The molecule has 0 aliphatic rings. The number of halogens is 2. The fourth-order valence-corrected chi connectivity index (χ4v) is 2.73. The average Bonchev–Trinajstić information content (AvgIpc) is 2.60. The fraction of sp³-hybridized carbons (Fsp3) is 0.300. The third-order valence-electron chi connectivity index (χ3n) is 4.07.